The van der Waals surface area contributed by atoms with Crippen LogP contribution < -0.4 is 5.32 Å². The summed E-state index contributed by atoms with van der Waals surface area (Å²) in [5, 5.41) is 3.20. The minimum absolute atomic E-state index is 0.203. The van der Waals surface area contributed by atoms with E-state index in [0.29, 0.717) is 13.0 Å². The lowest BCUT2D eigenvalue weighted by molar-refractivity contribution is 0.368. The van der Waals surface area contributed by atoms with E-state index in [4.69, 9.17) is 4.42 Å². The molecule has 1 fully saturated rings. The smallest absolute Gasteiger partial charge is 0.180 e. The third-order valence-electron chi connectivity index (χ3n) is 2.68. The molecule has 6 heteroatoms. The topological polar surface area (TPSA) is 72.2 Å². The van der Waals surface area contributed by atoms with Crippen LogP contribution >= 0.6 is 0 Å². The normalized spacial score (nSPS) is 29.4. The lowest BCUT2D eigenvalue weighted by atomic mass is 10.0. The van der Waals surface area contributed by atoms with Crippen molar-refractivity contribution < 1.29 is 12.8 Å². The Morgan fingerprint density at radius 1 is 1.67 bits per heavy atom. The van der Waals surface area contributed by atoms with Crippen LogP contribution in [0.4, 0.5) is 0 Å². The highest BCUT2D eigenvalue weighted by Gasteiger charge is 2.37. The third-order valence-corrected chi connectivity index (χ3v) is 4.58. The van der Waals surface area contributed by atoms with Crippen molar-refractivity contribution in [1.82, 2.24) is 10.3 Å². The van der Waals surface area contributed by atoms with Crippen LogP contribution in [0.2, 0.25) is 0 Å². The molecule has 2 rings (SSSR count). The zero-order valence-electron chi connectivity index (χ0n) is 8.56. The molecule has 0 amide bonds. The van der Waals surface area contributed by atoms with Gasteiger partial charge in [-0.1, -0.05) is 0 Å². The predicted molar refractivity (Wildman–Crippen MR) is 55.0 cm³/mol. The van der Waals surface area contributed by atoms with Crippen LogP contribution in [0.3, 0.4) is 0 Å². The molecule has 2 heterocycles. The predicted octanol–water partition coefficient (Wildman–Crippen LogP) is 0.341. The van der Waals surface area contributed by atoms with Crippen molar-refractivity contribution in [3.05, 3.63) is 18.4 Å². The van der Waals surface area contributed by atoms with Gasteiger partial charge in [-0.15, -0.1) is 0 Å². The van der Waals surface area contributed by atoms with Crippen molar-refractivity contribution in [1.29, 1.82) is 0 Å². The zero-order valence-corrected chi connectivity index (χ0v) is 9.38. The van der Waals surface area contributed by atoms with E-state index in [1.807, 2.05) is 6.92 Å². The Balaban J connectivity index is 1.95. The molecule has 1 saturated heterocycles. The fraction of sp³-hybridized carbons (Fsp3) is 0.667. The highest BCUT2D eigenvalue weighted by molar-refractivity contribution is 7.91. The Bertz CT molecular complexity index is 426. The second kappa shape index (κ2) is 3.61. The Kier molecular flexibility index (Phi) is 2.56. The van der Waals surface area contributed by atoms with Crippen molar-refractivity contribution in [2.24, 2.45) is 0 Å². The van der Waals surface area contributed by atoms with Crippen molar-refractivity contribution >= 4 is 9.84 Å². The second-order valence-electron chi connectivity index (χ2n) is 4.22. The van der Waals surface area contributed by atoms with Gasteiger partial charge in [-0.25, -0.2) is 13.4 Å². The quantitative estimate of drug-likeness (QED) is 0.810. The van der Waals surface area contributed by atoms with Crippen LogP contribution in [0, 0.1) is 0 Å². The van der Waals surface area contributed by atoms with Gasteiger partial charge >= 0.3 is 0 Å². The monoisotopic (exact) mass is 230 g/mol. The molecule has 1 aromatic heterocycles. The first-order chi connectivity index (χ1) is 6.99. The minimum Gasteiger partial charge on any atom is -0.447 e. The lowest BCUT2D eigenvalue weighted by Gasteiger charge is -2.22. The molecule has 1 unspecified atom stereocenters. The van der Waals surface area contributed by atoms with Crippen LogP contribution in [0.5, 0.6) is 0 Å². The number of nitrogens with one attached hydrogen (secondary N) is 1. The molecule has 0 bridgehead atoms. The first-order valence-corrected chi connectivity index (χ1v) is 6.64. The molecule has 1 aliphatic heterocycles. The number of aromatic nitrogens is 1. The van der Waals surface area contributed by atoms with E-state index >= 15 is 0 Å². The van der Waals surface area contributed by atoms with Gasteiger partial charge in [-0.2, -0.15) is 0 Å². The van der Waals surface area contributed by atoms with Gasteiger partial charge in [0.1, 0.15) is 5.76 Å². The first-order valence-electron chi connectivity index (χ1n) is 4.82. The van der Waals surface area contributed by atoms with Gasteiger partial charge in [0.05, 0.1) is 24.2 Å². The van der Waals surface area contributed by atoms with Gasteiger partial charge in [0.2, 0.25) is 0 Å². The zero-order chi connectivity index (χ0) is 10.9. The van der Waals surface area contributed by atoms with Crippen LogP contribution in [-0.2, 0) is 16.4 Å². The van der Waals surface area contributed by atoms with E-state index in [1.165, 1.54) is 6.39 Å². The molecule has 0 radical (unpaired) electrons. The van der Waals surface area contributed by atoms with Gasteiger partial charge in [0, 0.05) is 5.54 Å². The molecule has 0 aliphatic carbocycles. The van der Waals surface area contributed by atoms with E-state index < -0.39 is 9.84 Å². The molecule has 0 aromatic carbocycles. The fourth-order valence-electron chi connectivity index (χ4n) is 1.78. The van der Waals surface area contributed by atoms with E-state index in [0.717, 1.165) is 5.76 Å². The molecule has 1 N–H and O–H groups in total. The maximum absolute atomic E-state index is 11.3. The molecular weight excluding hydrogens is 216 g/mol. The van der Waals surface area contributed by atoms with Crippen molar-refractivity contribution in [3.63, 3.8) is 0 Å². The molecular formula is C9H14N2O3S. The average Bonchev–Trinajstić information content (AvgIpc) is 2.71. The average molecular weight is 230 g/mol. The number of nitrogens with zero attached hydrogens (tertiary/aromatic N) is 1. The summed E-state index contributed by atoms with van der Waals surface area (Å²) in [7, 11) is -2.85. The molecule has 1 aliphatic rings. The molecule has 1 aromatic rings. The fourth-order valence-corrected chi connectivity index (χ4v) is 3.90. The van der Waals surface area contributed by atoms with Crippen LogP contribution in [0.15, 0.2) is 17.0 Å². The number of rotatable bonds is 3. The SMILES string of the molecule is CC1(NCc2cnco2)CCS(=O)(=O)C1. The third kappa shape index (κ3) is 2.57. The Hall–Kier alpha value is -0.880. The highest BCUT2D eigenvalue weighted by Crippen LogP contribution is 2.23. The summed E-state index contributed by atoms with van der Waals surface area (Å²) in [4.78, 5) is 3.79. The Labute approximate surface area is 88.8 Å². The summed E-state index contributed by atoms with van der Waals surface area (Å²) in [5.74, 6) is 1.20. The summed E-state index contributed by atoms with van der Waals surface area (Å²) in [6.45, 7) is 2.44. The summed E-state index contributed by atoms with van der Waals surface area (Å²) in [5.41, 5.74) is -0.328. The minimum atomic E-state index is -2.85. The number of sulfone groups is 1. The van der Waals surface area contributed by atoms with E-state index in [-0.39, 0.29) is 17.0 Å². The van der Waals surface area contributed by atoms with Gasteiger partial charge in [0.15, 0.2) is 16.2 Å². The number of hydrogen-bond donors (Lipinski definition) is 1. The lowest BCUT2D eigenvalue weighted by Crippen LogP contribution is -2.42. The van der Waals surface area contributed by atoms with Gasteiger partial charge < -0.3 is 9.73 Å². The summed E-state index contributed by atoms with van der Waals surface area (Å²) in [6.07, 6.45) is 3.65. The van der Waals surface area contributed by atoms with Gasteiger partial charge in [0.25, 0.3) is 0 Å². The highest BCUT2D eigenvalue weighted by atomic mass is 32.2. The molecule has 0 spiro atoms. The first kappa shape index (κ1) is 10.6. The summed E-state index contributed by atoms with van der Waals surface area (Å²) >= 11 is 0. The Morgan fingerprint density at radius 2 is 2.47 bits per heavy atom. The Morgan fingerprint density at radius 3 is 3.00 bits per heavy atom. The maximum Gasteiger partial charge on any atom is 0.180 e. The molecule has 1 atom stereocenters. The van der Waals surface area contributed by atoms with Crippen molar-refractivity contribution in [2.45, 2.75) is 25.4 Å². The standard InChI is InChI=1S/C9H14N2O3S/c1-9(2-3-15(12,13)6-9)11-5-8-4-10-7-14-8/h4,7,11H,2-3,5-6H2,1H3. The number of hydrogen-bond acceptors (Lipinski definition) is 5. The van der Waals surface area contributed by atoms with Gasteiger partial charge in [-0.3, -0.25) is 0 Å². The molecule has 84 valence electrons. The van der Waals surface area contributed by atoms with Crippen LogP contribution in [0.1, 0.15) is 19.1 Å². The second-order valence-corrected chi connectivity index (χ2v) is 6.41. The van der Waals surface area contributed by atoms with Crippen LogP contribution in [0.25, 0.3) is 0 Å². The van der Waals surface area contributed by atoms with Gasteiger partial charge in [-0.05, 0) is 13.3 Å². The molecule has 5 nitrogen and oxygen atoms in total. The van der Waals surface area contributed by atoms with Crippen LogP contribution in [-0.4, -0.2) is 30.4 Å². The largest absolute Gasteiger partial charge is 0.447 e. The summed E-state index contributed by atoms with van der Waals surface area (Å²) in [6, 6.07) is 0. The van der Waals surface area contributed by atoms with E-state index in [9.17, 15) is 8.42 Å². The molecule has 0 saturated carbocycles. The van der Waals surface area contributed by atoms with E-state index in [2.05, 4.69) is 10.3 Å². The van der Waals surface area contributed by atoms with Crippen molar-refractivity contribution in [2.75, 3.05) is 11.5 Å². The summed E-state index contributed by atoms with van der Waals surface area (Å²) < 4.78 is 27.7. The van der Waals surface area contributed by atoms with Crippen molar-refractivity contribution in [3.8, 4) is 0 Å². The van der Waals surface area contributed by atoms with E-state index in [1.54, 1.807) is 6.20 Å². The number of oxazole rings is 1. The maximum atomic E-state index is 11.3. The molecule has 15 heavy (non-hydrogen) atoms.